The van der Waals surface area contributed by atoms with Gasteiger partial charge in [0.05, 0.1) is 11.0 Å². The Hall–Kier alpha value is -2.25. The standard InChI is InChI=1S/C24H30F3N3O2/c25-24(26,27)20-3-1-16(2-4-20)15-28-22(32)30-7-5-29(6-8-30)21(31)23-12-17-9-18(13-23)11-19(10-17)14-23/h1-4,17-19H,5-15H2,(H,28,32). The van der Waals surface area contributed by atoms with Gasteiger partial charge in [-0.25, -0.2) is 4.79 Å². The number of alkyl halides is 3. The Balaban J connectivity index is 1.11. The molecule has 0 unspecified atom stereocenters. The van der Waals surface area contributed by atoms with Crippen LogP contribution in [0.2, 0.25) is 0 Å². The maximum atomic E-state index is 13.5. The Bertz CT molecular complexity index is 840. The van der Waals surface area contributed by atoms with Gasteiger partial charge in [0.25, 0.3) is 0 Å². The highest BCUT2D eigenvalue weighted by atomic mass is 19.4. The summed E-state index contributed by atoms with van der Waals surface area (Å²) in [5.74, 6) is 2.48. The molecule has 174 valence electrons. The summed E-state index contributed by atoms with van der Waals surface area (Å²) in [6, 6.07) is 4.56. The average molecular weight is 450 g/mol. The van der Waals surface area contributed by atoms with Gasteiger partial charge in [0, 0.05) is 32.7 Å². The molecule has 1 saturated heterocycles. The van der Waals surface area contributed by atoms with Crippen molar-refractivity contribution in [3.05, 3.63) is 35.4 Å². The fourth-order valence-corrected chi connectivity index (χ4v) is 6.92. The van der Waals surface area contributed by atoms with Crippen molar-refractivity contribution in [3.63, 3.8) is 0 Å². The number of carbonyl (C=O) groups excluding carboxylic acids is 2. The molecule has 8 heteroatoms. The van der Waals surface area contributed by atoms with Gasteiger partial charge in [0.1, 0.15) is 0 Å². The molecule has 0 radical (unpaired) electrons. The summed E-state index contributed by atoms with van der Waals surface area (Å²) in [4.78, 5) is 29.6. The van der Waals surface area contributed by atoms with Crippen LogP contribution in [-0.2, 0) is 17.5 Å². The lowest BCUT2D eigenvalue weighted by Crippen LogP contribution is -2.59. The number of hydrogen-bond acceptors (Lipinski definition) is 2. The van der Waals surface area contributed by atoms with Crippen LogP contribution in [0.15, 0.2) is 24.3 Å². The number of urea groups is 1. The van der Waals surface area contributed by atoms with E-state index in [2.05, 4.69) is 5.32 Å². The summed E-state index contributed by atoms with van der Waals surface area (Å²) >= 11 is 0. The van der Waals surface area contributed by atoms with Crippen LogP contribution in [0, 0.1) is 23.2 Å². The third-order valence-electron chi connectivity index (χ3n) is 8.07. The summed E-state index contributed by atoms with van der Waals surface area (Å²) in [6.07, 6.45) is 2.69. The molecule has 5 fully saturated rings. The molecule has 1 aromatic carbocycles. The van der Waals surface area contributed by atoms with Crippen LogP contribution in [0.25, 0.3) is 0 Å². The molecule has 4 aliphatic carbocycles. The van der Waals surface area contributed by atoms with E-state index in [-0.39, 0.29) is 18.0 Å². The largest absolute Gasteiger partial charge is 0.416 e. The monoisotopic (exact) mass is 449 g/mol. The first-order valence-electron chi connectivity index (χ1n) is 11.7. The number of hydrogen-bond donors (Lipinski definition) is 1. The Kier molecular flexibility index (Phi) is 5.37. The van der Waals surface area contributed by atoms with Gasteiger partial charge >= 0.3 is 12.2 Å². The molecule has 1 heterocycles. The summed E-state index contributed by atoms with van der Waals surface area (Å²) < 4.78 is 38.0. The molecule has 4 bridgehead atoms. The van der Waals surface area contributed by atoms with Crippen molar-refractivity contribution in [1.82, 2.24) is 15.1 Å². The molecule has 6 rings (SSSR count). The molecular formula is C24H30F3N3O2. The highest BCUT2D eigenvalue weighted by Gasteiger charge is 2.55. The van der Waals surface area contributed by atoms with Gasteiger partial charge in [-0.1, -0.05) is 12.1 Å². The molecule has 0 spiro atoms. The molecule has 4 saturated carbocycles. The fraction of sp³-hybridized carbons (Fsp3) is 0.667. The second-order valence-electron chi connectivity index (χ2n) is 10.3. The quantitative estimate of drug-likeness (QED) is 0.749. The second-order valence-corrected chi connectivity index (χ2v) is 10.3. The van der Waals surface area contributed by atoms with Crippen LogP contribution < -0.4 is 5.32 Å². The summed E-state index contributed by atoms with van der Waals surface area (Å²) in [5, 5.41) is 2.78. The Morgan fingerprint density at radius 3 is 1.88 bits per heavy atom. The Morgan fingerprint density at radius 2 is 1.38 bits per heavy atom. The maximum Gasteiger partial charge on any atom is 0.416 e. The molecule has 3 amide bonds. The van der Waals surface area contributed by atoms with Crippen LogP contribution in [0.5, 0.6) is 0 Å². The molecule has 32 heavy (non-hydrogen) atoms. The lowest BCUT2D eigenvalue weighted by Gasteiger charge is -2.57. The first kappa shape index (κ1) is 21.6. The molecule has 5 aliphatic rings. The summed E-state index contributed by atoms with van der Waals surface area (Å²) in [6.45, 7) is 2.24. The lowest BCUT2D eigenvalue weighted by molar-refractivity contribution is -0.159. The third kappa shape index (κ3) is 4.08. The van der Waals surface area contributed by atoms with E-state index in [4.69, 9.17) is 0 Å². The van der Waals surface area contributed by atoms with Gasteiger partial charge in [0.15, 0.2) is 0 Å². The van der Waals surface area contributed by atoms with Gasteiger partial charge in [-0.05, 0) is 74.0 Å². The number of nitrogens with one attached hydrogen (secondary N) is 1. The first-order chi connectivity index (χ1) is 15.2. The normalized spacial score (nSPS) is 31.7. The van der Waals surface area contributed by atoms with Crippen molar-refractivity contribution >= 4 is 11.9 Å². The molecule has 1 aromatic rings. The zero-order chi connectivity index (χ0) is 22.5. The highest BCUT2D eigenvalue weighted by molar-refractivity contribution is 5.84. The van der Waals surface area contributed by atoms with Crippen molar-refractivity contribution < 1.29 is 22.8 Å². The Labute approximate surface area is 186 Å². The van der Waals surface area contributed by atoms with Crippen LogP contribution in [0.3, 0.4) is 0 Å². The van der Waals surface area contributed by atoms with Gasteiger partial charge in [-0.15, -0.1) is 0 Å². The zero-order valence-corrected chi connectivity index (χ0v) is 18.2. The van der Waals surface area contributed by atoms with Gasteiger partial charge in [0.2, 0.25) is 5.91 Å². The van der Waals surface area contributed by atoms with E-state index in [1.807, 2.05) is 4.90 Å². The van der Waals surface area contributed by atoms with E-state index in [1.165, 1.54) is 31.4 Å². The molecular weight excluding hydrogens is 419 g/mol. The second kappa shape index (κ2) is 7.96. The van der Waals surface area contributed by atoms with Crippen molar-refractivity contribution in [3.8, 4) is 0 Å². The van der Waals surface area contributed by atoms with Crippen molar-refractivity contribution in [2.45, 2.75) is 51.2 Å². The first-order valence-corrected chi connectivity index (χ1v) is 11.7. The number of halogens is 3. The number of rotatable bonds is 3. The maximum absolute atomic E-state index is 13.5. The van der Waals surface area contributed by atoms with E-state index in [9.17, 15) is 22.8 Å². The van der Waals surface area contributed by atoms with Gasteiger partial charge in [-0.2, -0.15) is 13.2 Å². The predicted molar refractivity (Wildman–Crippen MR) is 112 cm³/mol. The van der Waals surface area contributed by atoms with Crippen molar-refractivity contribution in [2.24, 2.45) is 23.2 Å². The van der Waals surface area contributed by atoms with Gasteiger partial charge < -0.3 is 15.1 Å². The third-order valence-corrected chi connectivity index (χ3v) is 8.07. The highest BCUT2D eigenvalue weighted by Crippen LogP contribution is 2.60. The summed E-state index contributed by atoms with van der Waals surface area (Å²) in [5.41, 5.74) is -0.240. The molecule has 0 aromatic heterocycles. The minimum atomic E-state index is -4.37. The van der Waals surface area contributed by atoms with E-state index >= 15 is 0 Å². The topological polar surface area (TPSA) is 52.7 Å². The van der Waals surface area contributed by atoms with Gasteiger partial charge in [-0.3, -0.25) is 4.79 Å². The molecule has 1 aliphatic heterocycles. The molecule has 5 nitrogen and oxygen atoms in total. The summed E-state index contributed by atoms with van der Waals surface area (Å²) in [7, 11) is 0. The zero-order valence-electron chi connectivity index (χ0n) is 18.2. The Morgan fingerprint density at radius 1 is 0.875 bits per heavy atom. The van der Waals surface area contributed by atoms with Crippen molar-refractivity contribution in [2.75, 3.05) is 26.2 Å². The van der Waals surface area contributed by atoms with Crippen LogP contribution >= 0.6 is 0 Å². The van der Waals surface area contributed by atoms with E-state index < -0.39 is 11.7 Å². The van der Waals surface area contributed by atoms with Crippen molar-refractivity contribution in [1.29, 1.82) is 0 Å². The SMILES string of the molecule is O=C(NCc1ccc(C(F)(F)F)cc1)N1CCN(C(=O)C23CC4CC(CC(C4)C2)C3)CC1. The van der Waals surface area contributed by atoms with Crippen LogP contribution in [0.1, 0.15) is 49.7 Å². The minimum Gasteiger partial charge on any atom is -0.339 e. The molecule has 1 N–H and O–H groups in total. The number of amides is 3. The van der Waals surface area contributed by atoms with E-state index in [0.29, 0.717) is 37.6 Å². The number of benzene rings is 1. The van der Waals surface area contributed by atoms with Crippen LogP contribution in [-0.4, -0.2) is 47.9 Å². The number of nitrogens with zero attached hydrogens (tertiary/aromatic N) is 2. The fourth-order valence-electron chi connectivity index (χ4n) is 6.92. The van der Waals surface area contributed by atoms with Crippen LogP contribution in [0.4, 0.5) is 18.0 Å². The smallest absolute Gasteiger partial charge is 0.339 e. The molecule has 0 atom stereocenters. The lowest BCUT2D eigenvalue weighted by atomic mass is 9.49. The number of carbonyl (C=O) groups is 2. The number of piperazine rings is 1. The predicted octanol–water partition coefficient (Wildman–Crippen LogP) is 4.28. The average Bonchev–Trinajstić information content (AvgIpc) is 2.76. The van der Waals surface area contributed by atoms with E-state index in [0.717, 1.165) is 49.1 Å². The minimum absolute atomic E-state index is 0.151. The van der Waals surface area contributed by atoms with E-state index in [1.54, 1.807) is 4.90 Å².